The lowest BCUT2D eigenvalue weighted by Gasteiger charge is -2.08. The van der Waals surface area contributed by atoms with E-state index >= 15 is 0 Å². The van der Waals surface area contributed by atoms with Crippen molar-refractivity contribution < 1.29 is 14.1 Å². The number of pyridine rings is 1. The fraction of sp³-hybridized carbons (Fsp3) is 0.158. The number of carbonyl (C=O) groups excluding carboxylic acids is 2. The van der Waals surface area contributed by atoms with Crippen molar-refractivity contribution in [3.63, 3.8) is 0 Å². The van der Waals surface area contributed by atoms with Gasteiger partial charge in [0.1, 0.15) is 5.76 Å². The number of rotatable bonds is 5. The van der Waals surface area contributed by atoms with Gasteiger partial charge in [0.05, 0.1) is 24.0 Å². The van der Waals surface area contributed by atoms with Crippen molar-refractivity contribution >= 4 is 23.2 Å². The van der Waals surface area contributed by atoms with Crippen LogP contribution in [0.2, 0.25) is 0 Å². The van der Waals surface area contributed by atoms with E-state index in [0.717, 1.165) is 5.56 Å². The summed E-state index contributed by atoms with van der Waals surface area (Å²) in [4.78, 5) is 28.5. The van der Waals surface area contributed by atoms with Crippen molar-refractivity contribution in [3.8, 4) is 0 Å². The van der Waals surface area contributed by atoms with Gasteiger partial charge < -0.3 is 15.2 Å². The van der Waals surface area contributed by atoms with Crippen LogP contribution in [0.15, 0.2) is 53.3 Å². The Morgan fingerprint density at radius 2 is 1.88 bits per heavy atom. The molecule has 0 fully saturated rings. The van der Waals surface area contributed by atoms with Gasteiger partial charge >= 0.3 is 0 Å². The SMILES string of the molecule is Cc1noc(C)c1CC(=O)Nc1cccc(C(=O)Nc2cccnc2)c1. The largest absolute Gasteiger partial charge is 0.361 e. The van der Waals surface area contributed by atoms with Gasteiger partial charge in [-0.2, -0.15) is 0 Å². The first-order valence-electron chi connectivity index (χ1n) is 8.06. The second-order valence-corrected chi connectivity index (χ2v) is 5.80. The number of nitrogens with zero attached hydrogens (tertiary/aromatic N) is 2. The van der Waals surface area contributed by atoms with Crippen molar-refractivity contribution in [3.05, 3.63) is 71.4 Å². The third-order valence-electron chi connectivity index (χ3n) is 3.85. The Bertz CT molecular complexity index is 915. The first-order valence-corrected chi connectivity index (χ1v) is 8.06. The standard InChI is InChI=1S/C19H18N4O3/c1-12-17(13(2)26-23-12)10-18(24)21-15-6-3-5-14(9-15)19(25)22-16-7-4-8-20-11-16/h3-9,11H,10H2,1-2H3,(H,21,24)(H,22,25). The molecule has 0 unspecified atom stereocenters. The summed E-state index contributed by atoms with van der Waals surface area (Å²) in [6.07, 6.45) is 3.35. The molecule has 0 saturated carbocycles. The van der Waals surface area contributed by atoms with Gasteiger partial charge in [-0.25, -0.2) is 0 Å². The molecule has 0 atom stereocenters. The highest BCUT2D eigenvalue weighted by Gasteiger charge is 2.14. The molecule has 7 nitrogen and oxygen atoms in total. The average molecular weight is 350 g/mol. The molecule has 0 saturated heterocycles. The smallest absolute Gasteiger partial charge is 0.255 e. The lowest BCUT2D eigenvalue weighted by atomic mass is 10.1. The molecule has 3 aromatic rings. The average Bonchev–Trinajstić information content (AvgIpc) is 2.94. The van der Waals surface area contributed by atoms with E-state index < -0.39 is 0 Å². The summed E-state index contributed by atoms with van der Waals surface area (Å²) in [5, 5.41) is 9.39. The third kappa shape index (κ3) is 4.13. The number of hydrogen-bond donors (Lipinski definition) is 2. The zero-order chi connectivity index (χ0) is 18.5. The van der Waals surface area contributed by atoms with Crippen LogP contribution in [0.5, 0.6) is 0 Å². The van der Waals surface area contributed by atoms with Crippen molar-refractivity contribution in [2.75, 3.05) is 10.6 Å². The molecule has 0 aliphatic heterocycles. The minimum atomic E-state index is -0.278. The van der Waals surface area contributed by atoms with Crippen LogP contribution in [0, 0.1) is 13.8 Å². The molecule has 2 amide bonds. The Kier molecular flexibility index (Phi) is 5.07. The summed E-state index contributed by atoms with van der Waals surface area (Å²) in [6, 6.07) is 10.2. The van der Waals surface area contributed by atoms with Gasteiger partial charge in [-0.3, -0.25) is 14.6 Å². The van der Waals surface area contributed by atoms with Gasteiger partial charge in [-0.1, -0.05) is 11.2 Å². The molecule has 0 aliphatic rings. The van der Waals surface area contributed by atoms with E-state index in [-0.39, 0.29) is 18.2 Å². The second-order valence-electron chi connectivity index (χ2n) is 5.80. The summed E-state index contributed by atoms with van der Waals surface area (Å²) in [5.74, 6) is 0.145. The predicted molar refractivity (Wildman–Crippen MR) is 96.9 cm³/mol. The third-order valence-corrected chi connectivity index (χ3v) is 3.85. The molecular weight excluding hydrogens is 332 g/mol. The zero-order valence-corrected chi connectivity index (χ0v) is 14.4. The molecule has 0 radical (unpaired) electrons. The van der Waals surface area contributed by atoms with Crippen LogP contribution < -0.4 is 10.6 Å². The summed E-state index contributed by atoms with van der Waals surface area (Å²) < 4.78 is 5.07. The molecular formula is C19H18N4O3. The van der Waals surface area contributed by atoms with Crippen LogP contribution >= 0.6 is 0 Å². The van der Waals surface area contributed by atoms with E-state index in [1.165, 1.54) is 0 Å². The van der Waals surface area contributed by atoms with Crippen molar-refractivity contribution in [2.24, 2.45) is 0 Å². The maximum atomic E-state index is 12.3. The fourth-order valence-electron chi connectivity index (χ4n) is 2.50. The lowest BCUT2D eigenvalue weighted by Crippen LogP contribution is -2.16. The topological polar surface area (TPSA) is 97.1 Å². The number of benzene rings is 1. The molecule has 132 valence electrons. The minimum Gasteiger partial charge on any atom is -0.361 e. The molecule has 26 heavy (non-hydrogen) atoms. The summed E-state index contributed by atoms with van der Waals surface area (Å²) >= 11 is 0. The number of anilines is 2. The lowest BCUT2D eigenvalue weighted by molar-refractivity contribution is -0.115. The summed E-state index contributed by atoms with van der Waals surface area (Å²) in [7, 11) is 0. The normalized spacial score (nSPS) is 10.4. The summed E-state index contributed by atoms with van der Waals surface area (Å²) in [5.41, 5.74) is 3.05. The molecule has 0 spiro atoms. The Morgan fingerprint density at radius 1 is 1.08 bits per heavy atom. The van der Waals surface area contributed by atoms with Crippen LogP contribution in [0.25, 0.3) is 0 Å². The molecule has 0 aliphatic carbocycles. The number of aryl methyl sites for hydroxylation is 2. The van der Waals surface area contributed by atoms with Crippen LogP contribution in [0.3, 0.4) is 0 Å². The maximum Gasteiger partial charge on any atom is 0.255 e. The van der Waals surface area contributed by atoms with Crippen molar-refractivity contribution in [1.29, 1.82) is 0 Å². The van der Waals surface area contributed by atoms with Crippen molar-refractivity contribution in [2.45, 2.75) is 20.3 Å². The zero-order valence-electron chi connectivity index (χ0n) is 14.4. The number of hydrogen-bond acceptors (Lipinski definition) is 5. The second kappa shape index (κ2) is 7.60. The van der Waals surface area contributed by atoms with Gasteiger partial charge in [0.25, 0.3) is 5.91 Å². The highest BCUT2D eigenvalue weighted by molar-refractivity contribution is 6.05. The first-order chi connectivity index (χ1) is 12.5. The molecule has 7 heteroatoms. The number of carbonyl (C=O) groups is 2. The van der Waals surface area contributed by atoms with E-state index in [2.05, 4.69) is 20.8 Å². The van der Waals surface area contributed by atoms with Gasteiger partial charge in [-0.15, -0.1) is 0 Å². The van der Waals surface area contributed by atoms with Crippen LogP contribution in [0.4, 0.5) is 11.4 Å². The van der Waals surface area contributed by atoms with Crippen LogP contribution in [0.1, 0.15) is 27.4 Å². The Hall–Kier alpha value is -3.48. The highest BCUT2D eigenvalue weighted by atomic mass is 16.5. The number of nitrogens with one attached hydrogen (secondary N) is 2. The predicted octanol–water partition coefficient (Wildman–Crippen LogP) is 3.12. The van der Waals surface area contributed by atoms with Crippen LogP contribution in [-0.4, -0.2) is 22.0 Å². The first kappa shape index (κ1) is 17.3. The van der Waals surface area contributed by atoms with Gasteiger partial charge in [0.2, 0.25) is 5.91 Å². The highest BCUT2D eigenvalue weighted by Crippen LogP contribution is 2.16. The minimum absolute atomic E-state index is 0.160. The van der Waals surface area contributed by atoms with Crippen molar-refractivity contribution in [1.82, 2.24) is 10.1 Å². The summed E-state index contributed by atoms with van der Waals surface area (Å²) in [6.45, 7) is 3.56. The van der Waals surface area contributed by atoms with Gasteiger partial charge in [0, 0.05) is 23.0 Å². The van der Waals surface area contributed by atoms with E-state index in [1.54, 1.807) is 62.6 Å². The Labute approximate surface area is 150 Å². The molecule has 3 rings (SSSR count). The maximum absolute atomic E-state index is 12.3. The molecule has 1 aromatic carbocycles. The van der Waals surface area contributed by atoms with Gasteiger partial charge in [0.15, 0.2) is 0 Å². The van der Waals surface area contributed by atoms with Crippen LogP contribution in [-0.2, 0) is 11.2 Å². The quantitative estimate of drug-likeness (QED) is 0.737. The van der Waals surface area contributed by atoms with Gasteiger partial charge in [-0.05, 0) is 44.2 Å². The number of aromatic nitrogens is 2. The van der Waals surface area contributed by atoms with E-state index in [4.69, 9.17) is 4.52 Å². The van der Waals surface area contributed by atoms with E-state index in [0.29, 0.717) is 28.4 Å². The monoisotopic (exact) mass is 350 g/mol. The van der Waals surface area contributed by atoms with E-state index in [1.807, 2.05) is 0 Å². The molecule has 2 heterocycles. The Morgan fingerprint density at radius 3 is 2.58 bits per heavy atom. The Balaban J connectivity index is 1.67. The number of amides is 2. The fourth-order valence-corrected chi connectivity index (χ4v) is 2.50. The molecule has 2 aromatic heterocycles. The molecule has 2 N–H and O–H groups in total. The van der Waals surface area contributed by atoms with E-state index in [9.17, 15) is 9.59 Å². The molecule has 0 bridgehead atoms.